The molecule has 84 valence electrons. The number of piperidine rings is 1. The average molecular weight is 210 g/mol. The van der Waals surface area contributed by atoms with E-state index < -0.39 is 12.3 Å². The van der Waals surface area contributed by atoms with Gasteiger partial charge in [-0.25, -0.2) is 5.32 Å². The molecular formula is C9H17F3N2. The number of alkyl halides is 3. The fraction of sp³-hybridized carbons (Fsp3) is 1.00. The Hall–Kier alpha value is -0.290. The van der Waals surface area contributed by atoms with Gasteiger partial charge in [0.05, 0.1) is 0 Å². The number of nitrogens with zero attached hydrogens (tertiary/aromatic N) is 1. The summed E-state index contributed by atoms with van der Waals surface area (Å²) < 4.78 is 35.9. The van der Waals surface area contributed by atoms with E-state index in [0.29, 0.717) is 18.9 Å². The molecule has 0 amide bonds. The van der Waals surface area contributed by atoms with Gasteiger partial charge in [-0.15, -0.1) is 0 Å². The van der Waals surface area contributed by atoms with Crippen LogP contribution >= 0.6 is 0 Å². The number of rotatable bonds is 2. The molecule has 0 saturated carbocycles. The second kappa shape index (κ2) is 4.49. The summed E-state index contributed by atoms with van der Waals surface area (Å²) in [5, 5.41) is 1.69. The molecule has 14 heavy (non-hydrogen) atoms. The van der Waals surface area contributed by atoms with E-state index in [1.165, 1.54) is 0 Å². The summed E-state index contributed by atoms with van der Waals surface area (Å²) in [7, 11) is 0. The van der Waals surface area contributed by atoms with Crippen molar-refractivity contribution >= 4 is 0 Å². The molecule has 1 aliphatic rings. The second-order valence-electron chi connectivity index (χ2n) is 4.05. The molecule has 0 aliphatic carbocycles. The van der Waals surface area contributed by atoms with Gasteiger partial charge in [0.1, 0.15) is 0 Å². The van der Waals surface area contributed by atoms with Gasteiger partial charge in [0.2, 0.25) is 0 Å². The molecule has 5 heteroatoms. The summed E-state index contributed by atoms with van der Waals surface area (Å²) >= 11 is 0. The van der Waals surface area contributed by atoms with Crippen LogP contribution in [0.25, 0.3) is 0 Å². The quantitative estimate of drug-likeness (QED) is 0.701. The smallest absolute Gasteiger partial charge is 0.301 e. The summed E-state index contributed by atoms with van der Waals surface area (Å²) in [6.07, 6.45) is -3.07. The van der Waals surface area contributed by atoms with Crippen molar-refractivity contribution in [2.75, 3.05) is 13.1 Å². The number of likely N-dealkylation sites (tertiary alicyclic amines) is 1. The van der Waals surface area contributed by atoms with Gasteiger partial charge in [0.25, 0.3) is 0 Å². The van der Waals surface area contributed by atoms with Crippen LogP contribution in [-0.4, -0.2) is 36.4 Å². The largest absolute Gasteiger partial charge is 0.457 e. The maximum absolute atomic E-state index is 12.0. The van der Waals surface area contributed by atoms with Crippen LogP contribution in [0.15, 0.2) is 0 Å². The normalized spacial score (nSPS) is 21.9. The lowest BCUT2D eigenvalue weighted by Crippen LogP contribution is -2.49. The van der Waals surface area contributed by atoms with Crippen molar-refractivity contribution in [2.24, 2.45) is 0 Å². The van der Waals surface area contributed by atoms with Crippen molar-refractivity contribution in [2.45, 2.75) is 45.1 Å². The zero-order chi connectivity index (χ0) is 10.8. The molecule has 1 aliphatic heterocycles. The predicted octanol–water partition coefficient (Wildman–Crippen LogP) is 1.97. The molecular weight excluding hydrogens is 193 g/mol. The minimum Gasteiger partial charge on any atom is -0.301 e. The molecule has 0 unspecified atom stereocenters. The maximum Gasteiger partial charge on any atom is 0.457 e. The number of hydrogen-bond acceptors (Lipinski definition) is 2. The van der Waals surface area contributed by atoms with Crippen molar-refractivity contribution in [1.29, 1.82) is 0 Å². The fourth-order valence-corrected chi connectivity index (χ4v) is 1.79. The Kier molecular flexibility index (Phi) is 3.78. The summed E-state index contributed by atoms with van der Waals surface area (Å²) in [5.41, 5.74) is 0. The lowest BCUT2D eigenvalue weighted by molar-refractivity contribution is -0.166. The highest BCUT2D eigenvalue weighted by Gasteiger charge is 2.32. The second-order valence-corrected chi connectivity index (χ2v) is 4.05. The molecule has 0 atom stereocenters. The van der Waals surface area contributed by atoms with Gasteiger partial charge >= 0.3 is 6.30 Å². The standard InChI is InChI=1S/C9H17F3N2/c1-7(2)14-5-3-8(4-6-14)13-9(10,11)12/h7-8,13H,3-6H2,1-2H3. The average Bonchev–Trinajstić information content (AvgIpc) is 2.02. The molecule has 2 nitrogen and oxygen atoms in total. The molecule has 1 N–H and O–H groups in total. The first-order chi connectivity index (χ1) is 6.38. The van der Waals surface area contributed by atoms with Gasteiger partial charge < -0.3 is 4.90 Å². The third-order valence-electron chi connectivity index (χ3n) is 2.63. The van der Waals surface area contributed by atoms with Crippen LogP contribution in [0.2, 0.25) is 0 Å². The van der Waals surface area contributed by atoms with E-state index in [0.717, 1.165) is 13.1 Å². The lowest BCUT2D eigenvalue weighted by Gasteiger charge is -2.35. The molecule has 1 rings (SSSR count). The van der Waals surface area contributed by atoms with Crippen LogP contribution in [0.3, 0.4) is 0 Å². The third kappa shape index (κ3) is 3.84. The van der Waals surface area contributed by atoms with Gasteiger partial charge in [-0.05, 0) is 39.8 Å². The van der Waals surface area contributed by atoms with E-state index in [2.05, 4.69) is 18.7 Å². The molecule has 0 aromatic carbocycles. The van der Waals surface area contributed by atoms with Crippen LogP contribution in [0, 0.1) is 0 Å². The Morgan fingerprint density at radius 2 is 1.71 bits per heavy atom. The van der Waals surface area contributed by atoms with E-state index in [4.69, 9.17) is 0 Å². The van der Waals surface area contributed by atoms with Crippen LogP contribution in [0.5, 0.6) is 0 Å². The van der Waals surface area contributed by atoms with E-state index in [1.54, 1.807) is 5.32 Å². The molecule has 1 saturated heterocycles. The Morgan fingerprint density at radius 1 is 1.21 bits per heavy atom. The molecule has 1 fully saturated rings. The molecule has 0 spiro atoms. The topological polar surface area (TPSA) is 15.3 Å². The minimum atomic E-state index is -4.23. The van der Waals surface area contributed by atoms with E-state index in [-0.39, 0.29) is 0 Å². The summed E-state index contributed by atoms with van der Waals surface area (Å²) in [5.74, 6) is 0. The third-order valence-corrected chi connectivity index (χ3v) is 2.63. The lowest BCUT2D eigenvalue weighted by atomic mass is 10.0. The van der Waals surface area contributed by atoms with Crippen molar-refractivity contribution < 1.29 is 13.2 Å². The monoisotopic (exact) mass is 210 g/mol. The Morgan fingerprint density at radius 3 is 2.07 bits per heavy atom. The summed E-state index contributed by atoms with van der Waals surface area (Å²) in [4.78, 5) is 2.20. The summed E-state index contributed by atoms with van der Waals surface area (Å²) in [6.45, 7) is 5.64. The predicted molar refractivity (Wildman–Crippen MR) is 48.9 cm³/mol. The van der Waals surface area contributed by atoms with Crippen molar-refractivity contribution in [1.82, 2.24) is 10.2 Å². The number of halogens is 3. The van der Waals surface area contributed by atoms with Crippen LogP contribution in [0.1, 0.15) is 26.7 Å². The first-order valence-electron chi connectivity index (χ1n) is 4.97. The van der Waals surface area contributed by atoms with E-state index in [9.17, 15) is 13.2 Å². The van der Waals surface area contributed by atoms with E-state index >= 15 is 0 Å². The number of hydrogen-bond donors (Lipinski definition) is 1. The Bertz CT molecular complexity index is 171. The van der Waals surface area contributed by atoms with Crippen LogP contribution in [0.4, 0.5) is 13.2 Å². The Labute approximate surface area is 82.5 Å². The van der Waals surface area contributed by atoms with Crippen molar-refractivity contribution in [3.05, 3.63) is 0 Å². The molecule has 0 aromatic heterocycles. The summed E-state index contributed by atoms with van der Waals surface area (Å²) in [6, 6.07) is 0.0341. The number of nitrogens with one attached hydrogen (secondary N) is 1. The van der Waals surface area contributed by atoms with Gasteiger partial charge in [0.15, 0.2) is 0 Å². The van der Waals surface area contributed by atoms with Gasteiger partial charge in [-0.1, -0.05) is 0 Å². The maximum atomic E-state index is 12.0. The molecule has 0 radical (unpaired) electrons. The van der Waals surface area contributed by atoms with Crippen LogP contribution < -0.4 is 5.32 Å². The highest BCUT2D eigenvalue weighted by atomic mass is 19.4. The first-order valence-corrected chi connectivity index (χ1v) is 4.97. The first kappa shape index (κ1) is 11.8. The minimum absolute atomic E-state index is 0.398. The SMILES string of the molecule is CC(C)N1CCC(NC(F)(F)F)CC1. The van der Waals surface area contributed by atoms with Gasteiger partial charge in [0, 0.05) is 12.1 Å². The van der Waals surface area contributed by atoms with Crippen LogP contribution in [-0.2, 0) is 0 Å². The zero-order valence-electron chi connectivity index (χ0n) is 8.56. The van der Waals surface area contributed by atoms with E-state index in [1.807, 2.05) is 0 Å². The fourth-order valence-electron chi connectivity index (χ4n) is 1.79. The molecule has 0 bridgehead atoms. The molecule has 0 aromatic rings. The van der Waals surface area contributed by atoms with Crippen molar-refractivity contribution in [3.63, 3.8) is 0 Å². The van der Waals surface area contributed by atoms with Gasteiger partial charge in [-0.2, -0.15) is 13.2 Å². The van der Waals surface area contributed by atoms with Crippen molar-refractivity contribution in [3.8, 4) is 0 Å². The highest BCUT2D eigenvalue weighted by Crippen LogP contribution is 2.18. The zero-order valence-corrected chi connectivity index (χ0v) is 8.56. The van der Waals surface area contributed by atoms with Gasteiger partial charge in [-0.3, -0.25) is 0 Å². The molecule has 1 heterocycles. The Balaban J connectivity index is 2.29. The highest BCUT2D eigenvalue weighted by molar-refractivity contribution is 4.79.